The second-order valence-corrected chi connectivity index (χ2v) is 11.0. The standard InChI is InChI=1S/C32H34O4/c1-31(2,3)25-15-11-23(12-16-25)29(35)19-27(33)21-7-9-22(10-8-21)28(34)20-30(36)24-13-17-26(18-14-24)32(4,5)6/h7-20,33-34H,1-6H3/b27-19-,28-20-. The molecule has 186 valence electrons. The van der Waals surface area contributed by atoms with E-state index in [1.165, 1.54) is 12.2 Å². The molecule has 36 heavy (non-hydrogen) atoms. The second kappa shape index (κ2) is 10.4. The molecule has 3 aromatic rings. The maximum Gasteiger partial charge on any atom is 0.189 e. The lowest BCUT2D eigenvalue weighted by Gasteiger charge is -2.18. The van der Waals surface area contributed by atoms with Crippen molar-refractivity contribution in [1.82, 2.24) is 0 Å². The molecule has 0 atom stereocenters. The molecule has 3 aromatic carbocycles. The highest BCUT2D eigenvalue weighted by Crippen LogP contribution is 2.24. The third-order valence-corrected chi connectivity index (χ3v) is 6.08. The normalized spacial score (nSPS) is 12.9. The van der Waals surface area contributed by atoms with Gasteiger partial charge in [-0.3, -0.25) is 9.59 Å². The molecule has 0 saturated heterocycles. The molecule has 0 bridgehead atoms. The summed E-state index contributed by atoms with van der Waals surface area (Å²) < 4.78 is 0. The van der Waals surface area contributed by atoms with Crippen LogP contribution in [0.15, 0.2) is 84.9 Å². The van der Waals surface area contributed by atoms with E-state index in [0.29, 0.717) is 22.3 Å². The molecule has 0 amide bonds. The Hall–Kier alpha value is -3.92. The molecule has 0 radical (unpaired) electrons. The molecule has 0 aliphatic heterocycles. The zero-order valence-electron chi connectivity index (χ0n) is 21.8. The smallest absolute Gasteiger partial charge is 0.189 e. The molecular weight excluding hydrogens is 448 g/mol. The SMILES string of the molecule is CC(C)(C)c1ccc(C(=O)/C=C(\O)c2ccc(/C(O)=C/C(=O)c3ccc(C(C)(C)C)cc3)cc2)cc1. The van der Waals surface area contributed by atoms with E-state index in [1.807, 2.05) is 24.3 Å². The number of carbonyl (C=O) groups is 2. The average Bonchev–Trinajstić information content (AvgIpc) is 2.83. The van der Waals surface area contributed by atoms with Gasteiger partial charge in [-0.25, -0.2) is 0 Å². The van der Waals surface area contributed by atoms with Gasteiger partial charge in [0.15, 0.2) is 11.6 Å². The van der Waals surface area contributed by atoms with Crippen molar-refractivity contribution in [3.05, 3.63) is 118 Å². The van der Waals surface area contributed by atoms with Crippen LogP contribution in [0.2, 0.25) is 0 Å². The van der Waals surface area contributed by atoms with E-state index in [9.17, 15) is 19.8 Å². The Bertz CT molecular complexity index is 1190. The zero-order chi connectivity index (χ0) is 26.7. The molecule has 0 aliphatic rings. The van der Waals surface area contributed by atoms with Crippen LogP contribution in [0.1, 0.15) is 84.5 Å². The van der Waals surface area contributed by atoms with Gasteiger partial charge in [0, 0.05) is 34.4 Å². The van der Waals surface area contributed by atoms with E-state index in [0.717, 1.165) is 11.1 Å². The summed E-state index contributed by atoms with van der Waals surface area (Å²) in [5, 5.41) is 20.9. The maximum absolute atomic E-state index is 12.6. The first-order chi connectivity index (χ1) is 16.8. The molecular formula is C32H34O4. The van der Waals surface area contributed by atoms with Gasteiger partial charge >= 0.3 is 0 Å². The van der Waals surface area contributed by atoms with Crippen molar-refractivity contribution in [1.29, 1.82) is 0 Å². The van der Waals surface area contributed by atoms with Gasteiger partial charge in [0.25, 0.3) is 0 Å². The van der Waals surface area contributed by atoms with Crippen molar-refractivity contribution in [2.45, 2.75) is 52.4 Å². The Kier molecular flexibility index (Phi) is 7.68. The van der Waals surface area contributed by atoms with Crippen molar-refractivity contribution in [3.8, 4) is 0 Å². The lowest BCUT2D eigenvalue weighted by Crippen LogP contribution is -2.11. The van der Waals surface area contributed by atoms with Crippen LogP contribution in [-0.2, 0) is 10.8 Å². The maximum atomic E-state index is 12.6. The van der Waals surface area contributed by atoms with Gasteiger partial charge in [0.1, 0.15) is 11.5 Å². The van der Waals surface area contributed by atoms with Crippen LogP contribution in [0.4, 0.5) is 0 Å². The monoisotopic (exact) mass is 482 g/mol. The van der Waals surface area contributed by atoms with E-state index in [4.69, 9.17) is 0 Å². The zero-order valence-corrected chi connectivity index (χ0v) is 21.8. The number of aliphatic hydroxyl groups excluding tert-OH is 2. The van der Waals surface area contributed by atoms with E-state index >= 15 is 0 Å². The minimum absolute atomic E-state index is 0.0111. The Morgan fingerprint density at radius 3 is 1.00 bits per heavy atom. The van der Waals surface area contributed by atoms with Crippen LogP contribution in [0.3, 0.4) is 0 Å². The van der Waals surface area contributed by atoms with Crippen LogP contribution >= 0.6 is 0 Å². The third kappa shape index (κ3) is 6.60. The third-order valence-electron chi connectivity index (χ3n) is 6.08. The summed E-state index contributed by atoms with van der Waals surface area (Å²) in [6, 6.07) is 21.0. The second-order valence-electron chi connectivity index (χ2n) is 11.0. The fraction of sp³-hybridized carbons (Fsp3) is 0.250. The highest BCUT2D eigenvalue weighted by atomic mass is 16.3. The van der Waals surface area contributed by atoms with E-state index < -0.39 is 0 Å². The van der Waals surface area contributed by atoms with Crippen molar-refractivity contribution < 1.29 is 19.8 Å². The van der Waals surface area contributed by atoms with Crippen LogP contribution in [0.25, 0.3) is 11.5 Å². The van der Waals surface area contributed by atoms with Crippen LogP contribution in [0.5, 0.6) is 0 Å². The average molecular weight is 483 g/mol. The van der Waals surface area contributed by atoms with Crippen LogP contribution in [-0.4, -0.2) is 21.8 Å². The fourth-order valence-electron chi connectivity index (χ4n) is 3.66. The predicted molar refractivity (Wildman–Crippen MR) is 147 cm³/mol. The summed E-state index contributed by atoms with van der Waals surface area (Å²) in [6.07, 6.45) is 2.36. The van der Waals surface area contributed by atoms with Gasteiger partial charge in [-0.1, -0.05) is 114 Å². The first kappa shape index (κ1) is 26.7. The van der Waals surface area contributed by atoms with Crippen LogP contribution < -0.4 is 0 Å². The highest BCUT2D eigenvalue weighted by Gasteiger charge is 2.15. The largest absolute Gasteiger partial charge is 0.507 e. The quantitative estimate of drug-likeness (QED) is 0.213. The summed E-state index contributed by atoms with van der Waals surface area (Å²) in [4.78, 5) is 25.1. The Morgan fingerprint density at radius 2 is 0.750 bits per heavy atom. The van der Waals surface area contributed by atoms with Crippen LogP contribution in [0, 0.1) is 0 Å². The molecule has 4 heteroatoms. The summed E-state index contributed by atoms with van der Waals surface area (Å²) in [5.74, 6) is -0.958. The Morgan fingerprint density at radius 1 is 0.500 bits per heavy atom. The van der Waals surface area contributed by atoms with Crippen molar-refractivity contribution in [2.75, 3.05) is 0 Å². The Balaban J connectivity index is 1.72. The Labute approximate surface area is 213 Å². The topological polar surface area (TPSA) is 74.6 Å². The number of aliphatic hydroxyl groups is 2. The molecule has 0 aromatic heterocycles. The molecule has 2 N–H and O–H groups in total. The van der Waals surface area contributed by atoms with Crippen molar-refractivity contribution in [2.24, 2.45) is 0 Å². The summed E-state index contributed by atoms with van der Waals surface area (Å²) in [5.41, 5.74) is 4.05. The lowest BCUT2D eigenvalue weighted by molar-refractivity contribution is 0.103. The first-order valence-corrected chi connectivity index (χ1v) is 12.0. The van der Waals surface area contributed by atoms with E-state index in [1.54, 1.807) is 48.5 Å². The van der Waals surface area contributed by atoms with Gasteiger partial charge < -0.3 is 10.2 Å². The minimum Gasteiger partial charge on any atom is -0.507 e. The molecule has 0 spiro atoms. The number of ketones is 2. The summed E-state index contributed by atoms with van der Waals surface area (Å²) >= 11 is 0. The molecule has 0 aliphatic carbocycles. The minimum atomic E-state index is -0.303. The number of rotatable bonds is 6. The lowest BCUT2D eigenvalue weighted by atomic mass is 9.86. The first-order valence-electron chi connectivity index (χ1n) is 12.0. The van der Waals surface area contributed by atoms with Gasteiger partial charge in [-0.05, 0) is 22.0 Å². The van der Waals surface area contributed by atoms with Crippen molar-refractivity contribution in [3.63, 3.8) is 0 Å². The van der Waals surface area contributed by atoms with Gasteiger partial charge in [-0.2, -0.15) is 0 Å². The molecule has 0 unspecified atom stereocenters. The molecule has 0 fully saturated rings. The molecule has 0 saturated carbocycles. The number of hydrogen-bond acceptors (Lipinski definition) is 4. The summed E-state index contributed by atoms with van der Waals surface area (Å²) in [7, 11) is 0. The van der Waals surface area contributed by atoms with Crippen molar-refractivity contribution >= 4 is 23.1 Å². The van der Waals surface area contributed by atoms with E-state index in [2.05, 4.69) is 41.5 Å². The predicted octanol–water partition coefficient (Wildman–Crippen LogP) is 7.85. The number of carbonyl (C=O) groups excluding carboxylic acids is 2. The van der Waals surface area contributed by atoms with Gasteiger partial charge in [0.05, 0.1) is 0 Å². The number of allylic oxidation sites excluding steroid dienone is 2. The van der Waals surface area contributed by atoms with Gasteiger partial charge in [-0.15, -0.1) is 0 Å². The number of benzene rings is 3. The molecule has 4 nitrogen and oxygen atoms in total. The fourth-order valence-corrected chi connectivity index (χ4v) is 3.66. The van der Waals surface area contributed by atoms with E-state index in [-0.39, 0.29) is 33.9 Å². The molecule has 3 rings (SSSR count). The highest BCUT2D eigenvalue weighted by molar-refractivity contribution is 6.08. The van der Waals surface area contributed by atoms with Gasteiger partial charge in [0.2, 0.25) is 0 Å². The molecule has 0 heterocycles. The summed E-state index contributed by atoms with van der Waals surface area (Å²) in [6.45, 7) is 12.6. The number of hydrogen-bond donors (Lipinski definition) is 2.